The van der Waals surface area contributed by atoms with Gasteiger partial charge in [0.2, 0.25) is 0 Å². The van der Waals surface area contributed by atoms with E-state index in [2.05, 4.69) is 24.4 Å². The molecule has 0 saturated heterocycles. The van der Waals surface area contributed by atoms with Crippen LogP contribution in [0, 0.1) is 0 Å². The molecule has 0 bridgehead atoms. The van der Waals surface area contributed by atoms with Gasteiger partial charge in [0, 0.05) is 18.7 Å². The number of carbonyl (C=O) groups is 1. The number of hydrogen-bond acceptors (Lipinski definition) is 2. The Balaban J connectivity index is 2.26. The molecule has 0 aliphatic carbocycles. The van der Waals surface area contributed by atoms with Crippen molar-refractivity contribution in [1.29, 1.82) is 0 Å². The summed E-state index contributed by atoms with van der Waals surface area (Å²) in [7, 11) is 0. The predicted molar refractivity (Wildman–Crippen MR) is 64.4 cm³/mol. The number of hydrogen-bond donors (Lipinski definition) is 2. The Hall–Kier alpha value is -1.61. The first-order valence-corrected chi connectivity index (χ1v) is 5.35. The van der Waals surface area contributed by atoms with E-state index in [1.54, 1.807) is 6.08 Å². The third-order valence-electron chi connectivity index (χ3n) is 2.23. The quantitative estimate of drug-likeness (QED) is 0.718. The molecule has 86 valence electrons. The largest absolute Gasteiger partial charge is 0.478 e. The first-order valence-electron chi connectivity index (χ1n) is 5.35. The van der Waals surface area contributed by atoms with Crippen molar-refractivity contribution in [3.05, 3.63) is 48.0 Å². The van der Waals surface area contributed by atoms with E-state index in [-0.39, 0.29) is 0 Å². The lowest BCUT2D eigenvalue weighted by Gasteiger charge is -2.11. The molecule has 0 heterocycles. The summed E-state index contributed by atoms with van der Waals surface area (Å²) in [6.45, 7) is 2.67. The van der Waals surface area contributed by atoms with Crippen molar-refractivity contribution < 1.29 is 9.90 Å². The number of aliphatic carboxylic acids is 1. The molecular weight excluding hydrogens is 202 g/mol. The summed E-state index contributed by atoms with van der Waals surface area (Å²) in [4.78, 5) is 10.2. The molecule has 3 nitrogen and oxygen atoms in total. The zero-order valence-corrected chi connectivity index (χ0v) is 9.39. The van der Waals surface area contributed by atoms with Gasteiger partial charge in [0.15, 0.2) is 0 Å². The van der Waals surface area contributed by atoms with Crippen LogP contribution in [0.2, 0.25) is 0 Å². The molecule has 0 fully saturated rings. The fourth-order valence-corrected chi connectivity index (χ4v) is 1.47. The first kappa shape index (κ1) is 12.5. The van der Waals surface area contributed by atoms with Crippen LogP contribution in [0.15, 0.2) is 42.5 Å². The van der Waals surface area contributed by atoms with Crippen LogP contribution in [0.4, 0.5) is 0 Å². The maximum absolute atomic E-state index is 10.2. The fourth-order valence-electron chi connectivity index (χ4n) is 1.47. The number of carboxylic acids is 1. The summed E-state index contributed by atoms with van der Waals surface area (Å²) in [6.07, 6.45) is 3.72. The first-order chi connectivity index (χ1) is 7.68. The van der Waals surface area contributed by atoms with E-state index in [0.717, 1.165) is 12.5 Å². The van der Waals surface area contributed by atoms with Gasteiger partial charge < -0.3 is 10.4 Å². The third kappa shape index (κ3) is 5.32. The number of rotatable bonds is 6. The number of nitrogens with one attached hydrogen (secondary N) is 1. The second-order valence-electron chi connectivity index (χ2n) is 3.74. The Morgan fingerprint density at radius 1 is 1.44 bits per heavy atom. The second-order valence-corrected chi connectivity index (χ2v) is 3.74. The van der Waals surface area contributed by atoms with Crippen LogP contribution >= 0.6 is 0 Å². The molecule has 16 heavy (non-hydrogen) atoms. The lowest BCUT2D eigenvalue weighted by Crippen LogP contribution is -2.28. The molecule has 2 N–H and O–H groups in total. The van der Waals surface area contributed by atoms with E-state index < -0.39 is 5.97 Å². The van der Waals surface area contributed by atoms with Crippen LogP contribution in [0.3, 0.4) is 0 Å². The van der Waals surface area contributed by atoms with Crippen LogP contribution in [0.25, 0.3) is 0 Å². The normalized spacial score (nSPS) is 12.8. The van der Waals surface area contributed by atoms with Crippen LogP contribution in [0.5, 0.6) is 0 Å². The Kier molecular flexibility index (Phi) is 5.29. The van der Waals surface area contributed by atoms with Crippen molar-refractivity contribution in [1.82, 2.24) is 5.32 Å². The van der Waals surface area contributed by atoms with Gasteiger partial charge in [0.05, 0.1) is 0 Å². The minimum atomic E-state index is -0.905. The van der Waals surface area contributed by atoms with Gasteiger partial charge in [-0.2, -0.15) is 0 Å². The predicted octanol–water partition coefficient (Wildman–Crippen LogP) is 1.85. The molecule has 0 aromatic heterocycles. The van der Waals surface area contributed by atoms with Crippen molar-refractivity contribution in [3.63, 3.8) is 0 Å². The summed E-state index contributed by atoms with van der Waals surface area (Å²) in [5, 5.41) is 11.6. The monoisotopic (exact) mass is 219 g/mol. The van der Waals surface area contributed by atoms with E-state index in [1.807, 2.05) is 18.2 Å². The van der Waals surface area contributed by atoms with Crippen LogP contribution < -0.4 is 5.32 Å². The molecule has 1 rings (SSSR count). The van der Waals surface area contributed by atoms with Crippen molar-refractivity contribution in [3.8, 4) is 0 Å². The maximum atomic E-state index is 10.2. The molecule has 3 heteroatoms. The Morgan fingerprint density at radius 2 is 2.12 bits per heavy atom. The molecule has 0 aliphatic heterocycles. The van der Waals surface area contributed by atoms with Gasteiger partial charge >= 0.3 is 5.97 Å². The van der Waals surface area contributed by atoms with Gasteiger partial charge in [0.1, 0.15) is 0 Å². The van der Waals surface area contributed by atoms with Crippen molar-refractivity contribution in [2.45, 2.75) is 19.4 Å². The SMILES string of the molecule is CC(Cc1ccccc1)NC/C=C/C(=O)O. The molecule has 0 aliphatic rings. The van der Waals surface area contributed by atoms with E-state index in [9.17, 15) is 4.79 Å². The third-order valence-corrected chi connectivity index (χ3v) is 2.23. The highest BCUT2D eigenvalue weighted by Gasteiger charge is 2.00. The average molecular weight is 219 g/mol. The number of benzene rings is 1. The summed E-state index contributed by atoms with van der Waals surface area (Å²) >= 11 is 0. The molecule has 0 spiro atoms. The lowest BCUT2D eigenvalue weighted by molar-refractivity contribution is -0.131. The van der Waals surface area contributed by atoms with Crippen molar-refractivity contribution >= 4 is 5.97 Å². The summed E-state index contributed by atoms with van der Waals surface area (Å²) < 4.78 is 0. The van der Waals surface area contributed by atoms with Gasteiger partial charge in [-0.05, 0) is 18.9 Å². The van der Waals surface area contributed by atoms with Gasteiger partial charge in [-0.25, -0.2) is 4.79 Å². The zero-order valence-electron chi connectivity index (χ0n) is 9.39. The lowest BCUT2D eigenvalue weighted by atomic mass is 10.1. The summed E-state index contributed by atoms with van der Waals surface area (Å²) in [5.74, 6) is -0.905. The zero-order chi connectivity index (χ0) is 11.8. The van der Waals surface area contributed by atoms with E-state index >= 15 is 0 Å². The molecular formula is C13H17NO2. The summed E-state index contributed by atoms with van der Waals surface area (Å²) in [5.41, 5.74) is 1.28. The second kappa shape index (κ2) is 6.80. The molecule has 1 aromatic rings. The minimum Gasteiger partial charge on any atom is -0.478 e. The highest BCUT2D eigenvalue weighted by atomic mass is 16.4. The summed E-state index contributed by atoms with van der Waals surface area (Å²) in [6, 6.07) is 10.5. The standard InChI is InChI=1S/C13H17NO2/c1-11(14-9-5-8-13(15)16)10-12-6-3-2-4-7-12/h2-8,11,14H,9-10H2,1H3,(H,15,16)/b8-5+. The van der Waals surface area contributed by atoms with Crippen LogP contribution in [0.1, 0.15) is 12.5 Å². The van der Waals surface area contributed by atoms with Crippen molar-refractivity contribution in [2.75, 3.05) is 6.54 Å². The van der Waals surface area contributed by atoms with E-state index in [4.69, 9.17) is 5.11 Å². The van der Waals surface area contributed by atoms with Gasteiger partial charge in [-0.3, -0.25) is 0 Å². The molecule has 1 unspecified atom stereocenters. The minimum absolute atomic E-state index is 0.334. The molecule has 0 radical (unpaired) electrons. The van der Waals surface area contributed by atoms with Gasteiger partial charge in [-0.1, -0.05) is 36.4 Å². The van der Waals surface area contributed by atoms with Gasteiger partial charge in [0.25, 0.3) is 0 Å². The van der Waals surface area contributed by atoms with E-state index in [0.29, 0.717) is 12.6 Å². The molecule has 1 atom stereocenters. The molecule has 0 saturated carbocycles. The highest BCUT2D eigenvalue weighted by molar-refractivity contribution is 5.79. The fraction of sp³-hybridized carbons (Fsp3) is 0.308. The smallest absolute Gasteiger partial charge is 0.328 e. The molecule has 0 amide bonds. The van der Waals surface area contributed by atoms with E-state index in [1.165, 1.54) is 5.56 Å². The Morgan fingerprint density at radius 3 is 2.75 bits per heavy atom. The maximum Gasteiger partial charge on any atom is 0.328 e. The highest BCUT2D eigenvalue weighted by Crippen LogP contribution is 2.02. The topological polar surface area (TPSA) is 49.3 Å². The Bertz CT molecular complexity index is 346. The molecule has 1 aromatic carbocycles. The number of carboxylic acid groups (broad SMARTS) is 1. The van der Waals surface area contributed by atoms with Crippen molar-refractivity contribution in [2.24, 2.45) is 0 Å². The average Bonchev–Trinajstić information content (AvgIpc) is 2.25. The Labute approximate surface area is 95.8 Å². The van der Waals surface area contributed by atoms with Crippen LogP contribution in [-0.2, 0) is 11.2 Å². The van der Waals surface area contributed by atoms with Gasteiger partial charge in [-0.15, -0.1) is 0 Å². The van der Waals surface area contributed by atoms with Crippen LogP contribution in [-0.4, -0.2) is 23.7 Å².